The van der Waals surface area contributed by atoms with Gasteiger partial charge in [0, 0.05) is 21.4 Å². The van der Waals surface area contributed by atoms with Crippen molar-refractivity contribution in [2.24, 2.45) is 5.73 Å². The van der Waals surface area contributed by atoms with Crippen LogP contribution in [0.1, 0.15) is 16.6 Å². The van der Waals surface area contributed by atoms with E-state index in [1.54, 1.807) is 36.0 Å². The summed E-state index contributed by atoms with van der Waals surface area (Å²) in [5.41, 5.74) is 7.23. The first kappa shape index (κ1) is 14.0. The Morgan fingerprint density at radius 3 is 3.10 bits per heavy atom. The number of nitrogens with two attached hydrogens (primary N) is 1. The minimum Gasteiger partial charge on any atom is -0.383 e. The van der Waals surface area contributed by atoms with Gasteiger partial charge in [0.15, 0.2) is 0 Å². The van der Waals surface area contributed by atoms with E-state index in [0.717, 1.165) is 10.6 Å². The van der Waals surface area contributed by atoms with Gasteiger partial charge in [0.25, 0.3) is 0 Å². The number of fused-ring (bicyclic) bond motifs is 1. The van der Waals surface area contributed by atoms with Crippen molar-refractivity contribution in [3.05, 3.63) is 39.3 Å². The molecule has 20 heavy (non-hydrogen) atoms. The molecule has 4 nitrogen and oxygen atoms in total. The average molecular weight is 328 g/mol. The van der Waals surface area contributed by atoms with Crippen LogP contribution in [0.2, 0.25) is 5.02 Å². The number of aromatic nitrogens is 2. The largest absolute Gasteiger partial charge is 0.383 e. The van der Waals surface area contributed by atoms with E-state index in [9.17, 15) is 0 Å². The lowest BCUT2D eigenvalue weighted by molar-refractivity contribution is 0.182. The van der Waals surface area contributed by atoms with Gasteiger partial charge in [-0.1, -0.05) is 11.6 Å². The van der Waals surface area contributed by atoms with Crippen LogP contribution in [0.25, 0.3) is 9.40 Å². The molecule has 0 amide bonds. The molecule has 3 aromatic heterocycles. The first-order chi connectivity index (χ1) is 9.70. The van der Waals surface area contributed by atoms with Crippen molar-refractivity contribution < 1.29 is 4.74 Å². The van der Waals surface area contributed by atoms with E-state index in [1.165, 1.54) is 9.40 Å². The van der Waals surface area contributed by atoms with Crippen LogP contribution < -0.4 is 5.73 Å². The lowest BCUT2D eigenvalue weighted by Crippen LogP contribution is -2.18. The summed E-state index contributed by atoms with van der Waals surface area (Å²) in [5.74, 6) is 0. The second kappa shape index (κ2) is 5.83. The van der Waals surface area contributed by atoms with E-state index in [2.05, 4.69) is 22.6 Å². The maximum absolute atomic E-state index is 6.39. The van der Waals surface area contributed by atoms with E-state index in [4.69, 9.17) is 22.1 Å². The van der Waals surface area contributed by atoms with Crippen molar-refractivity contribution in [1.82, 2.24) is 9.78 Å². The molecule has 106 valence electrons. The van der Waals surface area contributed by atoms with E-state index in [-0.39, 0.29) is 6.04 Å². The number of halogens is 1. The Kier molecular flexibility index (Phi) is 4.09. The molecule has 2 N–H and O–H groups in total. The third kappa shape index (κ3) is 2.49. The van der Waals surface area contributed by atoms with Crippen LogP contribution in [0.3, 0.4) is 0 Å². The summed E-state index contributed by atoms with van der Waals surface area (Å²) < 4.78 is 9.44. The Balaban J connectivity index is 1.95. The first-order valence-electron chi connectivity index (χ1n) is 6.13. The van der Waals surface area contributed by atoms with Gasteiger partial charge >= 0.3 is 0 Å². The van der Waals surface area contributed by atoms with Gasteiger partial charge in [-0.25, -0.2) is 0 Å². The first-order valence-corrected chi connectivity index (χ1v) is 8.20. The topological polar surface area (TPSA) is 53.1 Å². The fourth-order valence-electron chi connectivity index (χ4n) is 2.11. The van der Waals surface area contributed by atoms with E-state index >= 15 is 0 Å². The molecular formula is C13H14ClN3OS2. The molecule has 0 saturated heterocycles. The normalized spacial score (nSPS) is 13.2. The molecule has 0 bridgehead atoms. The molecule has 3 aromatic rings. The van der Waals surface area contributed by atoms with Gasteiger partial charge in [0.05, 0.1) is 36.1 Å². The number of hydrogen-bond donors (Lipinski definition) is 1. The van der Waals surface area contributed by atoms with Crippen molar-refractivity contribution in [1.29, 1.82) is 0 Å². The van der Waals surface area contributed by atoms with Crippen molar-refractivity contribution in [2.45, 2.75) is 12.6 Å². The maximum atomic E-state index is 6.39. The summed E-state index contributed by atoms with van der Waals surface area (Å²) >= 11 is 9.67. The molecule has 3 heterocycles. The molecule has 0 aliphatic rings. The van der Waals surface area contributed by atoms with Gasteiger partial charge < -0.3 is 10.5 Å². The summed E-state index contributed by atoms with van der Waals surface area (Å²) in [6.45, 7) is 1.23. The van der Waals surface area contributed by atoms with Crippen molar-refractivity contribution in [3.63, 3.8) is 0 Å². The number of ether oxygens (including phenoxy) is 1. The summed E-state index contributed by atoms with van der Waals surface area (Å²) in [7, 11) is 1.66. The van der Waals surface area contributed by atoms with Crippen molar-refractivity contribution in [3.8, 4) is 0 Å². The summed E-state index contributed by atoms with van der Waals surface area (Å²) in [6.07, 6.45) is 1.64. The number of thiophene rings is 2. The Bertz CT molecular complexity index is 690. The zero-order valence-corrected chi connectivity index (χ0v) is 13.3. The molecule has 1 unspecified atom stereocenters. The average Bonchev–Trinajstić information content (AvgIpc) is 3.09. The molecule has 0 aliphatic carbocycles. The Morgan fingerprint density at radius 2 is 2.35 bits per heavy atom. The quantitative estimate of drug-likeness (QED) is 0.780. The Labute approximate surface area is 129 Å². The predicted octanol–water partition coefficient (Wildman–Crippen LogP) is 3.51. The van der Waals surface area contributed by atoms with Crippen LogP contribution in [0.4, 0.5) is 0 Å². The highest BCUT2D eigenvalue weighted by molar-refractivity contribution is 7.27. The van der Waals surface area contributed by atoms with Gasteiger partial charge in [-0.15, -0.1) is 22.7 Å². The van der Waals surface area contributed by atoms with Gasteiger partial charge in [-0.3, -0.25) is 4.68 Å². The minimum absolute atomic E-state index is 0.258. The molecule has 0 aromatic carbocycles. The second-order valence-electron chi connectivity index (χ2n) is 4.37. The lowest BCUT2D eigenvalue weighted by atomic mass is 10.2. The van der Waals surface area contributed by atoms with Crippen LogP contribution >= 0.6 is 34.3 Å². The van der Waals surface area contributed by atoms with E-state index < -0.39 is 0 Å². The molecule has 7 heteroatoms. The van der Waals surface area contributed by atoms with E-state index in [1.807, 2.05) is 4.68 Å². The zero-order valence-electron chi connectivity index (χ0n) is 10.9. The van der Waals surface area contributed by atoms with Gasteiger partial charge in [-0.2, -0.15) is 5.10 Å². The van der Waals surface area contributed by atoms with Crippen LogP contribution in [0, 0.1) is 0 Å². The standard InChI is InChI=1S/C13H14ClN3OS2/c1-18-4-3-17-13(8(14)7-16-17)12(15)11-6-10-9(20-11)2-5-19-10/h2,5-7,12H,3-4,15H2,1H3. The van der Waals surface area contributed by atoms with Crippen LogP contribution in [-0.4, -0.2) is 23.5 Å². The van der Waals surface area contributed by atoms with Gasteiger partial charge in [0.2, 0.25) is 0 Å². The van der Waals surface area contributed by atoms with Crippen LogP contribution in [0.15, 0.2) is 23.7 Å². The highest BCUT2D eigenvalue weighted by atomic mass is 35.5. The predicted molar refractivity (Wildman–Crippen MR) is 84.8 cm³/mol. The second-order valence-corrected chi connectivity index (χ2v) is 6.84. The maximum Gasteiger partial charge on any atom is 0.0838 e. The fraction of sp³-hybridized carbons (Fsp3) is 0.308. The number of methoxy groups -OCH3 is 1. The number of hydrogen-bond acceptors (Lipinski definition) is 5. The van der Waals surface area contributed by atoms with Crippen LogP contribution in [-0.2, 0) is 11.3 Å². The molecule has 0 aliphatic heterocycles. The molecule has 0 spiro atoms. The smallest absolute Gasteiger partial charge is 0.0838 e. The monoisotopic (exact) mass is 327 g/mol. The third-order valence-corrected chi connectivity index (χ3v) is 5.57. The minimum atomic E-state index is -0.258. The third-order valence-electron chi connectivity index (χ3n) is 3.10. The molecule has 1 atom stereocenters. The molecule has 0 fully saturated rings. The van der Waals surface area contributed by atoms with Crippen molar-refractivity contribution in [2.75, 3.05) is 13.7 Å². The van der Waals surface area contributed by atoms with Gasteiger partial charge in [0.1, 0.15) is 0 Å². The molecule has 0 saturated carbocycles. The molecule has 3 rings (SSSR count). The Hall–Kier alpha value is -0.920. The van der Waals surface area contributed by atoms with Crippen LogP contribution in [0.5, 0.6) is 0 Å². The summed E-state index contributed by atoms with van der Waals surface area (Å²) in [5, 5.41) is 6.97. The van der Waals surface area contributed by atoms with Gasteiger partial charge in [-0.05, 0) is 17.5 Å². The molecule has 0 radical (unpaired) electrons. The highest BCUT2D eigenvalue weighted by Crippen LogP contribution is 2.36. The summed E-state index contributed by atoms with van der Waals surface area (Å²) in [6, 6.07) is 4.00. The summed E-state index contributed by atoms with van der Waals surface area (Å²) in [4.78, 5) is 1.10. The fourth-order valence-corrected chi connectivity index (χ4v) is 4.49. The Morgan fingerprint density at radius 1 is 1.50 bits per heavy atom. The lowest BCUT2D eigenvalue weighted by Gasteiger charge is -2.13. The SMILES string of the molecule is COCCn1ncc(Cl)c1C(N)c1cc2sccc2s1. The molecular weight excluding hydrogens is 314 g/mol. The van der Waals surface area contributed by atoms with Crippen molar-refractivity contribution >= 4 is 43.7 Å². The number of rotatable bonds is 5. The number of nitrogens with zero attached hydrogens (tertiary/aromatic N) is 2. The van der Waals surface area contributed by atoms with E-state index in [0.29, 0.717) is 18.2 Å². The highest BCUT2D eigenvalue weighted by Gasteiger charge is 2.20. The zero-order chi connectivity index (χ0) is 14.1.